The second kappa shape index (κ2) is 8.50. The third-order valence-corrected chi connectivity index (χ3v) is 4.96. The van der Waals surface area contributed by atoms with E-state index in [-0.39, 0.29) is 17.6 Å². The zero-order chi connectivity index (χ0) is 22.0. The average molecular weight is 423 g/mol. The Labute approximate surface area is 176 Å². The molecule has 1 aromatic carbocycles. The molecule has 3 heterocycles. The molecule has 9 nitrogen and oxygen atoms in total. The molecule has 31 heavy (non-hydrogen) atoms. The highest BCUT2D eigenvalue weighted by Crippen LogP contribution is 2.11. The number of nitrogen functional groups attached to an aromatic ring is 1. The first-order valence-corrected chi connectivity index (χ1v) is 9.99. The van der Waals surface area contributed by atoms with E-state index in [0.29, 0.717) is 43.3 Å². The third kappa shape index (κ3) is 4.23. The van der Waals surface area contributed by atoms with Crippen molar-refractivity contribution in [3.63, 3.8) is 0 Å². The number of anilines is 1. The van der Waals surface area contributed by atoms with E-state index in [0.717, 1.165) is 18.0 Å². The largest absolute Gasteiger partial charge is 0.399 e. The number of hydrogen-bond acceptors (Lipinski definition) is 6. The van der Waals surface area contributed by atoms with E-state index in [4.69, 9.17) is 5.73 Å². The Morgan fingerprint density at radius 1 is 1.06 bits per heavy atom. The first kappa shape index (κ1) is 20.5. The summed E-state index contributed by atoms with van der Waals surface area (Å²) in [4.78, 5) is 41.3. The van der Waals surface area contributed by atoms with Gasteiger partial charge in [-0.2, -0.15) is 0 Å². The van der Waals surface area contributed by atoms with Crippen molar-refractivity contribution in [2.24, 2.45) is 0 Å². The number of benzene rings is 1. The number of nitrogens with one attached hydrogen (secondary N) is 1. The van der Waals surface area contributed by atoms with E-state index in [1.54, 1.807) is 12.1 Å². The quantitative estimate of drug-likeness (QED) is 0.436. The van der Waals surface area contributed by atoms with Crippen molar-refractivity contribution < 1.29 is 4.39 Å². The molecular weight excluding hydrogens is 401 g/mol. The molecule has 160 valence electrons. The maximum atomic E-state index is 13.1. The van der Waals surface area contributed by atoms with Crippen LogP contribution in [0.15, 0.2) is 46.2 Å². The van der Waals surface area contributed by atoms with Gasteiger partial charge in [0.15, 0.2) is 11.5 Å². The molecule has 4 aromatic rings. The van der Waals surface area contributed by atoms with Crippen LogP contribution < -0.4 is 17.0 Å². The van der Waals surface area contributed by atoms with Crippen molar-refractivity contribution in [1.82, 2.24) is 29.1 Å². The molecule has 4 rings (SSSR count). The molecule has 3 N–H and O–H groups in total. The molecule has 3 aromatic heterocycles. The van der Waals surface area contributed by atoms with E-state index >= 15 is 0 Å². The lowest BCUT2D eigenvalue weighted by atomic mass is 10.1. The fourth-order valence-electron chi connectivity index (χ4n) is 3.43. The Kier molecular flexibility index (Phi) is 5.61. The lowest BCUT2D eigenvalue weighted by Crippen LogP contribution is -2.40. The third-order valence-electron chi connectivity index (χ3n) is 4.96. The molecule has 0 unspecified atom stereocenters. The van der Waals surface area contributed by atoms with Gasteiger partial charge in [0.25, 0.3) is 5.56 Å². The maximum absolute atomic E-state index is 13.1. The maximum Gasteiger partial charge on any atom is 0.332 e. The summed E-state index contributed by atoms with van der Waals surface area (Å²) in [6, 6.07) is 7.42. The molecule has 10 heteroatoms. The van der Waals surface area contributed by atoms with Crippen LogP contribution in [0, 0.1) is 5.82 Å². The molecule has 0 saturated heterocycles. The number of imidazole rings is 1. The monoisotopic (exact) mass is 423 g/mol. The molecule has 0 spiro atoms. The second-order valence-electron chi connectivity index (χ2n) is 7.26. The zero-order valence-electron chi connectivity index (χ0n) is 17.0. The van der Waals surface area contributed by atoms with Gasteiger partial charge in [0.1, 0.15) is 17.2 Å². The predicted octanol–water partition coefficient (Wildman–Crippen LogP) is 1.64. The molecule has 0 aliphatic heterocycles. The van der Waals surface area contributed by atoms with E-state index in [1.165, 1.54) is 9.13 Å². The molecular formula is C21H22FN7O2. The van der Waals surface area contributed by atoms with Crippen molar-refractivity contribution in [1.29, 1.82) is 0 Å². The molecule has 0 amide bonds. The van der Waals surface area contributed by atoms with Gasteiger partial charge in [-0.15, -0.1) is 0 Å². The smallest absolute Gasteiger partial charge is 0.332 e. The van der Waals surface area contributed by atoms with Crippen LogP contribution in [0.1, 0.15) is 30.6 Å². The van der Waals surface area contributed by atoms with Gasteiger partial charge < -0.3 is 10.7 Å². The molecule has 0 fully saturated rings. The highest BCUT2D eigenvalue weighted by Gasteiger charge is 2.17. The number of rotatable bonds is 7. The zero-order valence-corrected chi connectivity index (χ0v) is 17.0. The molecule has 0 radical (unpaired) electrons. The van der Waals surface area contributed by atoms with Gasteiger partial charge in [0, 0.05) is 18.8 Å². The summed E-state index contributed by atoms with van der Waals surface area (Å²) >= 11 is 0. The number of nitrogens with two attached hydrogens (primary N) is 1. The normalized spacial score (nSPS) is 11.3. The Hall–Kier alpha value is -3.82. The Morgan fingerprint density at radius 3 is 2.45 bits per heavy atom. The summed E-state index contributed by atoms with van der Waals surface area (Å²) in [5.74, 6) is 0.242. The SMILES string of the molecule is CCCn1c(=O)c2[nH]c(Cc3ncc(F)cn3)nc2n(CCc2ccc(N)cc2)c1=O. The van der Waals surface area contributed by atoms with Crippen molar-refractivity contribution >= 4 is 16.9 Å². The molecule has 0 aliphatic rings. The fraction of sp³-hybridized carbons (Fsp3) is 0.286. The van der Waals surface area contributed by atoms with Crippen LogP contribution in [0.2, 0.25) is 0 Å². The Morgan fingerprint density at radius 2 is 1.77 bits per heavy atom. The summed E-state index contributed by atoms with van der Waals surface area (Å²) in [6.07, 6.45) is 3.53. The number of aromatic nitrogens is 6. The molecule has 0 aliphatic carbocycles. The van der Waals surface area contributed by atoms with Crippen LogP contribution in [0.4, 0.5) is 10.1 Å². The number of aryl methyl sites for hydroxylation is 2. The number of halogens is 1. The number of aromatic amines is 1. The van der Waals surface area contributed by atoms with E-state index in [9.17, 15) is 14.0 Å². The minimum absolute atomic E-state index is 0.175. The first-order chi connectivity index (χ1) is 15.0. The topological polar surface area (TPSA) is 124 Å². The van der Waals surface area contributed by atoms with Gasteiger partial charge in [0.05, 0.1) is 18.8 Å². The second-order valence-corrected chi connectivity index (χ2v) is 7.26. The van der Waals surface area contributed by atoms with Crippen LogP contribution in [0.25, 0.3) is 11.2 Å². The van der Waals surface area contributed by atoms with E-state index in [1.807, 2.05) is 19.1 Å². The average Bonchev–Trinajstić information content (AvgIpc) is 3.18. The molecule has 0 saturated carbocycles. The molecule has 0 atom stereocenters. The number of H-pyrrole nitrogens is 1. The van der Waals surface area contributed by atoms with Gasteiger partial charge >= 0.3 is 5.69 Å². The number of hydrogen-bond donors (Lipinski definition) is 2. The van der Waals surface area contributed by atoms with E-state index < -0.39 is 17.1 Å². The fourth-order valence-corrected chi connectivity index (χ4v) is 3.43. The minimum atomic E-state index is -0.535. The summed E-state index contributed by atoms with van der Waals surface area (Å²) in [7, 11) is 0. The molecule has 0 bridgehead atoms. The van der Waals surface area contributed by atoms with Gasteiger partial charge in [-0.3, -0.25) is 13.9 Å². The van der Waals surface area contributed by atoms with E-state index in [2.05, 4.69) is 19.9 Å². The van der Waals surface area contributed by atoms with Gasteiger partial charge in [-0.05, 0) is 30.5 Å². The standard InChI is InChI=1S/C21H22FN7O2/c1-2-8-29-20(30)18-19(27-17(26-18)10-16-24-11-14(22)12-25-16)28(21(29)31)9-7-13-3-5-15(23)6-4-13/h3-6,11-12H,2,7-10,23H2,1H3,(H,26,27). The van der Waals surface area contributed by atoms with Crippen molar-refractivity contribution in [3.8, 4) is 0 Å². The minimum Gasteiger partial charge on any atom is -0.399 e. The highest BCUT2D eigenvalue weighted by atomic mass is 19.1. The summed E-state index contributed by atoms with van der Waals surface area (Å²) in [5.41, 5.74) is 7.15. The van der Waals surface area contributed by atoms with Crippen LogP contribution in [-0.2, 0) is 25.9 Å². The lowest BCUT2D eigenvalue weighted by molar-refractivity contribution is 0.559. The number of fused-ring (bicyclic) bond motifs is 1. The van der Waals surface area contributed by atoms with Crippen LogP contribution in [0.3, 0.4) is 0 Å². The van der Waals surface area contributed by atoms with Gasteiger partial charge in [-0.25, -0.2) is 24.1 Å². The summed E-state index contributed by atoms with van der Waals surface area (Å²) in [6.45, 7) is 2.56. The first-order valence-electron chi connectivity index (χ1n) is 9.99. The van der Waals surface area contributed by atoms with Crippen molar-refractivity contribution in [3.05, 3.63) is 80.5 Å². The highest BCUT2D eigenvalue weighted by molar-refractivity contribution is 5.70. The van der Waals surface area contributed by atoms with Crippen LogP contribution in [0.5, 0.6) is 0 Å². The lowest BCUT2D eigenvalue weighted by Gasteiger charge is -2.11. The van der Waals surface area contributed by atoms with Crippen molar-refractivity contribution in [2.45, 2.75) is 39.3 Å². The van der Waals surface area contributed by atoms with Crippen LogP contribution >= 0.6 is 0 Å². The summed E-state index contributed by atoms with van der Waals surface area (Å²) < 4.78 is 15.8. The predicted molar refractivity (Wildman–Crippen MR) is 114 cm³/mol. The number of nitrogens with zero attached hydrogens (tertiary/aromatic N) is 5. The van der Waals surface area contributed by atoms with Crippen molar-refractivity contribution in [2.75, 3.05) is 5.73 Å². The van der Waals surface area contributed by atoms with Gasteiger partial charge in [-0.1, -0.05) is 19.1 Å². The summed E-state index contributed by atoms with van der Waals surface area (Å²) in [5, 5.41) is 0. The Bertz CT molecular complexity index is 1320. The Balaban J connectivity index is 1.75. The van der Waals surface area contributed by atoms with Crippen LogP contribution in [-0.4, -0.2) is 29.1 Å². The van der Waals surface area contributed by atoms with Gasteiger partial charge in [0.2, 0.25) is 0 Å².